The Morgan fingerprint density at radius 2 is 2.00 bits per heavy atom. The lowest BCUT2D eigenvalue weighted by atomic mass is 10.2. The number of furan rings is 1. The van der Waals surface area contributed by atoms with Gasteiger partial charge in [0.2, 0.25) is 0 Å². The van der Waals surface area contributed by atoms with Gasteiger partial charge in [-0.2, -0.15) is 0 Å². The van der Waals surface area contributed by atoms with E-state index in [1.807, 2.05) is 37.3 Å². The van der Waals surface area contributed by atoms with E-state index >= 15 is 0 Å². The van der Waals surface area contributed by atoms with Crippen molar-refractivity contribution in [1.82, 2.24) is 0 Å². The minimum absolute atomic E-state index is 0.268. The van der Waals surface area contributed by atoms with Gasteiger partial charge in [-0.1, -0.05) is 12.1 Å². The number of benzene rings is 2. The lowest BCUT2D eigenvalue weighted by Gasteiger charge is -2.03. The number of aryl methyl sites for hydroxylation is 1. The van der Waals surface area contributed by atoms with Gasteiger partial charge >= 0.3 is 0 Å². The molecule has 4 nitrogen and oxygen atoms in total. The molecule has 1 amide bonds. The van der Waals surface area contributed by atoms with Crippen LogP contribution in [0.2, 0.25) is 0 Å². The summed E-state index contributed by atoms with van der Waals surface area (Å²) in [6.07, 6.45) is 0. The fourth-order valence-corrected chi connectivity index (χ4v) is 2.18. The molecule has 0 aliphatic rings. The summed E-state index contributed by atoms with van der Waals surface area (Å²) in [7, 11) is 1.60. The monoisotopic (exact) mass is 281 g/mol. The first kappa shape index (κ1) is 13.2. The highest BCUT2D eigenvalue weighted by Gasteiger charge is 2.13. The molecule has 0 bridgehead atoms. The van der Waals surface area contributed by atoms with Crippen molar-refractivity contribution in [2.75, 3.05) is 12.4 Å². The van der Waals surface area contributed by atoms with Crippen LogP contribution < -0.4 is 10.1 Å². The first-order valence-corrected chi connectivity index (χ1v) is 6.61. The second-order valence-corrected chi connectivity index (χ2v) is 4.84. The summed E-state index contributed by atoms with van der Waals surface area (Å²) in [6, 6.07) is 14.8. The number of carbonyl (C=O) groups excluding carboxylic acids is 1. The zero-order chi connectivity index (χ0) is 14.8. The standard InChI is InChI=1S/C17H15NO3/c1-11-4-3-5-13(8-11)18-17(19)16-10-12-9-14(20-2)6-7-15(12)21-16/h3-10H,1-2H3,(H,18,19). The van der Waals surface area contributed by atoms with Crippen LogP contribution in [0.15, 0.2) is 52.9 Å². The second-order valence-electron chi connectivity index (χ2n) is 4.84. The summed E-state index contributed by atoms with van der Waals surface area (Å²) in [6.45, 7) is 1.98. The zero-order valence-corrected chi connectivity index (χ0v) is 11.8. The summed E-state index contributed by atoms with van der Waals surface area (Å²) >= 11 is 0. The first-order chi connectivity index (χ1) is 10.2. The van der Waals surface area contributed by atoms with Crippen LogP contribution in [0, 0.1) is 6.92 Å². The van der Waals surface area contributed by atoms with Gasteiger partial charge in [0, 0.05) is 11.1 Å². The van der Waals surface area contributed by atoms with Crippen LogP contribution in [0.3, 0.4) is 0 Å². The topological polar surface area (TPSA) is 51.5 Å². The lowest BCUT2D eigenvalue weighted by molar-refractivity contribution is 0.0998. The number of fused-ring (bicyclic) bond motifs is 1. The van der Waals surface area contributed by atoms with E-state index in [2.05, 4.69) is 5.32 Å². The summed E-state index contributed by atoms with van der Waals surface area (Å²) in [4.78, 5) is 12.2. The molecule has 0 unspecified atom stereocenters. The molecule has 2 aromatic carbocycles. The van der Waals surface area contributed by atoms with E-state index in [9.17, 15) is 4.79 Å². The van der Waals surface area contributed by atoms with E-state index < -0.39 is 0 Å². The van der Waals surface area contributed by atoms with Gasteiger partial charge in [0.1, 0.15) is 11.3 Å². The third kappa shape index (κ3) is 2.74. The highest BCUT2D eigenvalue weighted by molar-refractivity contribution is 6.04. The Morgan fingerprint density at radius 1 is 1.14 bits per heavy atom. The van der Waals surface area contributed by atoms with Gasteiger partial charge < -0.3 is 14.5 Å². The molecule has 106 valence electrons. The van der Waals surface area contributed by atoms with Crippen molar-refractivity contribution in [1.29, 1.82) is 0 Å². The smallest absolute Gasteiger partial charge is 0.291 e. The van der Waals surface area contributed by atoms with Crippen molar-refractivity contribution in [2.45, 2.75) is 6.92 Å². The van der Waals surface area contributed by atoms with Crippen molar-refractivity contribution < 1.29 is 13.9 Å². The Balaban J connectivity index is 1.87. The quantitative estimate of drug-likeness (QED) is 0.789. The molecule has 0 saturated carbocycles. The minimum atomic E-state index is -0.268. The number of hydrogen-bond donors (Lipinski definition) is 1. The third-order valence-electron chi connectivity index (χ3n) is 3.22. The van der Waals surface area contributed by atoms with Crippen molar-refractivity contribution in [3.8, 4) is 5.75 Å². The summed E-state index contributed by atoms with van der Waals surface area (Å²) < 4.78 is 10.7. The average Bonchev–Trinajstić information content (AvgIpc) is 2.90. The number of methoxy groups -OCH3 is 1. The number of rotatable bonds is 3. The van der Waals surface area contributed by atoms with E-state index in [1.165, 1.54) is 0 Å². The van der Waals surface area contributed by atoms with Crippen LogP contribution in [-0.4, -0.2) is 13.0 Å². The van der Waals surface area contributed by atoms with E-state index in [4.69, 9.17) is 9.15 Å². The van der Waals surface area contributed by atoms with Crippen LogP contribution in [0.1, 0.15) is 16.1 Å². The van der Waals surface area contributed by atoms with Crippen LogP contribution in [0.5, 0.6) is 5.75 Å². The summed E-state index contributed by atoms with van der Waals surface area (Å²) in [5, 5.41) is 3.66. The Bertz CT molecular complexity index is 805. The van der Waals surface area contributed by atoms with Gasteiger partial charge in [0.15, 0.2) is 5.76 Å². The molecule has 3 aromatic rings. The average molecular weight is 281 g/mol. The predicted molar refractivity (Wildman–Crippen MR) is 81.9 cm³/mol. The third-order valence-corrected chi connectivity index (χ3v) is 3.22. The number of hydrogen-bond acceptors (Lipinski definition) is 3. The number of ether oxygens (including phenoxy) is 1. The fourth-order valence-electron chi connectivity index (χ4n) is 2.18. The number of carbonyl (C=O) groups is 1. The largest absolute Gasteiger partial charge is 0.497 e. The molecular weight excluding hydrogens is 266 g/mol. The molecule has 1 N–H and O–H groups in total. The SMILES string of the molecule is COc1ccc2oc(C(=O)Nc3cccc(C)c3)cc2c1. The molecule has 0 aliphatic heterocycles. The van der Waals surface area contributed by atoms with Gasteiger partial charge in [-0.05, 0) is 48.9 Å². The summed E-state index contributed by atoms with van der Waals surface area (Å²) in [5.41, 5.74) is 2.49. The number of anilines is 1. The molecule has 0 radical (unpaired) electrons. The van der Waals surface area contributed by atoms with Crippen molar-refractivity contribution in [3.05, 3.63) is 59.9 Å². The maximum Gasteiger partial charge on any atom is 0.291 e. The van der Waals surface area contributed by atoms with Crippen LogP contribution in [0.4, 0.5) is 5.69 Å². The molecule has 0 aliphatic carbocycles. The number of amides is 1. The van der Waals surface area contributed by atoms with E-state index in [0.29, 0.717) is 5.58 Å². The van der Waals surface area contributed by atoms with Gasteiger partial charge in [0.05, 0.1) is 7.11 Å². The second kappa shape index (κ2) is 5.32. The molecule has 1 aromatic heterocycles. The van der Waals surface area contributed by atoms with Crippen LogP contribution >= 0.6 is 0 Å². The predicted octanol–water partition coefficient (Wildman–Crippen LogP) is 4.00. The molecule has 1 heterocycles. The van der Waals surface area contributed by atoms with Crippen molar-refractivity contribution >= 4 is 22.6 Å². The maximum absolute atomic E-state index is 12.2. The highest BCUT2D eigenvalue weighted by Crippen LogP contribution is 2.24. The Labute approximate surface area is 122 Å². The Kier molecular flexibility index (Phi) is 3.36. The molecule has 4 heteroatoms. The molecule has 3 rings (SSSR count). The van der Waals surface area contributed by atoms with Crippen LogP contribution in [0.25, 0.3) is 11.0 Å². The fraction of sp³-hybridized carbons (Fsp3) is 0.118. The van der Waals surface area contributed by atoms with Crippen LogP contribution in [-0.2, 0) is 0 Å². The normalized spacial score (nSPS) is 10.6. The Hall–Kier alpha value is -2.75. The van der Waals surface area contributed by atoms with Gasteiger partial charge in [-0.15, -0.1) is 0 Å². The summed E-state index contributed by atoms with van der Waals surface area (Å²) in [5.74, 6) is 0.740. The van der Waals surface area contributed by atoms with Gasteiger partial charge in [-0.3, -0.25) is 4.79 Å². The van der Waals surface area contributed by atoms with Crippen molar-refractivity contribution in [2.24, 2.45) is 0 Å². The maximum atomic E-state index is 12.2. The molecule has 0 saturated heterocycles. The molecule has 0 fully saturated rings. The lowest BCUT2D eigenvalue weighted by Crippen LogP contribution is -2.10. The molecule has 0 spiro atoms. The van der Waals surface area contributed by atoms with E-state index in [1.54, 1.807) is 25.3 Å². The zero-order valence-electron chi connectivity index (χ0n) is 11.8. The molecular formula is C17H15NO3. The molecule has 0 atom stereocenters. The highest BCUT2D eigenvalue weighted by atomic mass is 16.5. The molecule has 21 heavy (non-hydrogen) atoms. The van der Waals surface area contributed by atoms with Gasteiger partial charge in [-0.25, -0.2) is 0 Å². The van der Waals surface area contributed by atoms with Crippen molar-refractivity contribution in [3.63, 3.8) is 0 Å². The van der Waals surface area contributed by atoms with E-state index in [0.717, 1.165) is 22.4 Å². The Morgan fingerprint density at radius 3 is 2.76 bits per heavy atom. The number of nitrogens with one attached hydrogen (secondary N) is 1. The minimum Gasteiger partial charge on any atom is -0.497 e. The first-order valence-electron chi connectivity index (χ1n) is 6.61. The van der Waals surface area contributed by atoms with E-state index in [-0.39, 0.29) is 11.7 Å². The van der Waals surface area contributed by atoms with Gasteiger partial charge in [0.25, 0.3) is 5.91 Å².